The topological polar surface area (TPSA) is 79.8 Å². The normalized spacial score (nSPS) is 10.3. The summed E-state index contributed by atoms with van der Waals surface area (Å²) < 4.78 is 0. The fraction of sp³-hybridized carbons (Fsp3) is 0.0588. The number of carbonyl (C=O) groups excluding carboxylic acids is 1. The molecule has 0 fully saturated rings. The van der Waals surface area contributed by atoms with Crippen LogP contribution in [0.2, 0.25) is 10.0 Å². The number of nitrogens with one attached hydrogen (secondary N) is 2. The average Bonchev–Trinajstić information content (AvgIpc) is 2.64. The molecule has 0 atom stereocenters. The number of anilines is 2. The number of aromatic nitrogens is 3. The summed E-state index contributed by atoms with van der Waals surface area (Å²) in [6.07, 6.45) is 4.74. The Balaban J connectivity index is 1.71. The van der Waals surface area contributed by atoms with E-state index in [2.05, 4.69) is 25.6 Å². The molecular formula is C17H13Cl2N5O. The first-order chi connectivity index (χ1) is 12.1. The van der Waals surface area contributed by atoms with Crippen molar-refractivity contribution in [2.45, 2.75) is 6.54 Å². The Morgan fingerprint density at radius 2 is 1.76 bits per heavy atom. The lowest BCUT2D eigenvalue weighted by molar-refractivity contribution is 0.102. The van der Waals surface area contributed by atoms with Crippen LogP contribution in [0.5, 0.6) is 0 Å². The van der Waals surface area contributed by atoms with Crippen molar-refractivity contribution in [2.24, 2.45) is 0 Å². The van der Waals surface area contributed by atoms with Crippen LogP contribution in [0, 0.1) is 0 Å². The quantitative estimate of drug-likeness (QED) is 0.705. The highest BCUT2D eigenvalue weighted by Crippen LogP contribution is 2.30. The standard InChI is InChI=1S/C17H13Cl2N5O/c18-12-2-1-3-13(19)16(12)24-17(25)14-8-15(23-10-22-14)21-9-11-4-6-20-7-5-11/h1-8,10H,9H2,(H,24,25)(H,21,22,23). The maximum atomic E-state index is 12.4. The summed E-state index contributed by atoms with van der Waals surface area (Å²) in [5.74, 6) is 0.103. The molecule has 0 unspecified atom stereocenters. The molecule has 25 heavy (non-hydrogen) atoms. The Hall–Kier alpha value is -2.70. The molecule has 0 aliphatic carbocycles. The summed E-state index contributed by atoms with van der Waals surface area (Å²) in [7, 11) is 0. The monoisotopic (exact) mass is 373 g/mol. The van der Waals surface area contributed by atoms with Gasteiger partial charge in [0.1, 0.15) is 17.8 Å². The van der Waals surface area contributed by atoms with Crippen molar-refractivity contribution in [3.8, 4) is 0 Å². The zero-order valence-corrected chi connectivity index (χ0v) is 14.4. The Labute approximate surface area is 154 Å². The molecule has 0 aliphatic heterocycles. The third-order valence-corrected chi connectivity index (χ3v) is 3.95. The van der Waals surface area contributed by atoms with Crippen LogP contribution < -0.4 is 10.6 Å². The van der Waals surface area contributed by atoms with Crippen LogP contribution in [0.4, 0.5) is 11.5 Å². The first kappa shape index (κ1) is 17.1. The summed E-state index contributed by atoms with van der Waals surface area (Å²) >= 11 is 12.1. The number of para-hydroxylation sites is 1. The Bertz CT molecular complexity index is 869. The zero-order valence-electron chi connectivity index (χ0n) is 12.9. The van der Waals surface area contributed by atoms with E-state index in [4.69, 9.17) is 23.2 Å². The predicted octanol–water partition coefficient (Wildman–Crippen LogP) is 4.04. The van der Waals surface area contributed by atoms with Crippen molar-refractivity contribution in [3.05, 3.63) is 76.4 Å². The van der Waals surface area contributed by atoms with Gasteiger partial charge in [-0.05, 0) is 29.8 Å². The van der Waals surface area contributed by atoms with E-state index in [0.29, 0.717) is 28.1 Å². The largest absolute Gasteiger partial charge is 0.366 e. The first-order valence-corrected chi connectivity index (χ1v) is 8.09. The second-order valence-corrected chi connectivity index (χ2v) is 5.86. The van der Waals surface area contributed by atoms with Gasteiger partial charge in [0.25, 0.3) is 5.91 Å². The number of pyridine rings is 1. The second kappa shape index (κ2) is 7.92. The number of halogens is 2. The van der Waals surface area contributed by atoms with E-state index in [0.717, 1.165) is 5.56 Å². The van der Waals surface area contributed by atoms with E-state index in [1.165, 1.54) is 6.33 Å². The number of rotatable bonds is 5. The lowest BCUT2D eigenvalue weighted by atomic mass is 10.2. The minimum Gasteiger partial charge on any atom is -0.366 e. The van der Waals surface area contributed by atoms with Gasteiger partial charge in [0.2, 0.25) is 0 Å². The molecule has 1 amide bonds. The van der Waals surface area contributed by atoms with Crippen LogP contribution in [0.1, 0.15) is 16.1 Å². The molecule has 3 rings (SSSR count). The first-order valence-electron chi connectivity index (χ1n) is 7.33. The van der Waals surface area contributed by atoms with E-state index < -0.39 is 5.91 Å². The summed E-state index contributed by atoms with van der Waals surface area (Å²) in [5.41, 5.74) is 1.59. The van der Waals surface area contributed by atoms with E-state index >= 15 is 0 Å². The van der Waals surface area contributed by atoms with Crippen molar-refractivity contribution in [1.82, 2.24) is 15.0 Å². The average molecular weight is 374 g/mol. The van der Waals surface area contributed by atoms with Crippen molar-refractivity contribution in [2.75, 3.05) is 10.6 Å². The zero-order chi connectivity index (χ0) is 17.6. The van der Waals surface area contributed by atoms with Crippen LogP contribution in [0.25, 0.3) is 0 Å². The number of hydrogen-bond acceptors (Lipinski definition) is 5. The van der Waals surface area contributed by atoms with Gasteiger partial charge in [-0.25, -0.2) is 9.97 Å². The summed E-state index contributed by atoms with van der Waals surface area (Å²) in [4.78, 5) is 24.5. The van der Waals surface area contributed by atoms with E-state index in [9.17, 15) is 4.79 Å². The summed E-state index contributed by atoms with van der Waals surface area (Å²) in [6, 6.07) is 10.3. The second-order valence-electron chi connectivity index (χ2n) is 5.05. The van der Waals surface area contributed by atoms with Gasteiger partial charge < -0.3 is 10.6 Å². The molecule has 126 valence electrons. The van der Waals surface area contributed by atoms with Crippen LogP contribution in [-0.2, 0) is 6.54 Å². The predicted molar refractivity (Wildman–Crippen MR) is 98.0 cm³/mol. The highest BCUT2D eigenvalue weighted by Gasteiger charge is 2.13. The highest BCUT2D eigenvalue weighted by molar-refractivity contribution is 6.40. The van der Waals surface area contributed by atoms with Crippen LogP contribution in [-0.4, -0.2) is 20.9 Å². The van der Waals surface area contributed by atoms with Gasteiger partial charge in [0, 0.05) is 25.0 Å². The van der Waals surface area contributed by atoms with Gasteiger partial charge in [-0.2, -0.15) is 0 Å². The van der Waals surface area contributed by atoms with Crippen LogP contribution in [0.3, 0.4) is 0 Å². The molecule has 2 N–H and O–H groups in total. The van der Waals surface area contributed by atoms with Crippen LogP contribution in [0.15, 0.2) is 55.1 Å². The van der Waals surface area contributed by atoms with Gasteiger partial charge >= 0.3 is 0 Å². The molecule has 2 heterocycles. The Morgan fingerprint density at radius 3 is 2.48 bits per heavy atom. The molecule has 6 nitrogen and oxygen atoms in total. The van der Waals surface area contributed by atoms with Gasteiger partial charge in [0.05, 0.1) is 15.7 Å². The smallest absolute Gasteiger partial charge is 0.274 e. The Morgan fingerprint density at radius 1 is 1.04 bits per heavy atom. The minimum absolute atomic E-state index is 0.197. The lowest BCUT2D eigenvalue weighted by Gasteiger charge is -2.10. The molecule has 1 aromatic carbocycles. The van der Waals surface area contributed by atoms with Crippen molar-refractivity contribution >= 4 is 40.6 Å². The van der Waals surface area contributed by atoms with Crippen LogP contribution >= 0.6 is 23.2 Å². The van der Waals surface area contributed by atoms with Crippen molar-refractivity contribution in [1.29, 1.82) is 0 Å². The number of benzene rings is 1. The van der Waals surface area contributed by atoms with Crippen molar-refractivity contribution < 1.29 is 4.79 Å². The minimum atomic E-state index is -0.427. The fourth-order valence-corrected chi connectivity index (χ4v) is 2.56. The molecular weight excluding hydrogens is 361 g/mol. The maximum absolute atomic E-state index is 12.4. The highest BCUT2D eigenvalue weighted by atomic mass is 35.5. The molecule has 0 saturated carbocycles. The molecule has 3 aromatic rings. The van der Waals surface area contributed by atoms with Gasteiger partial charge in [-0.15, -0.1) is 0 Å². The molecule has 8 heteroatoms. The maximum Gasteiger partial charge on any atom is 0.274 e. The molecule has 0 bridgehead atoms. The van der Waals surface area contributed by atoms with Gasteiger partial charge in [-0.3, -0.25) is 9.78 Å². The summed E-state index contributed by atoms with van der Waals surface area (Å²) in [5, 5.41) is 6.50. The number of nitrogens with zero attached hydrogens (tertiary/aromatic N) is 3. The number of hydrogen-bond donors (Lipinski definition) is 2. The van der Waals surface area contributed by atoms with Gasteiger partial charge in [0.15, 0.2) is 0 Å². The number of carbonyl (C=O) groups is 1. The number of amides is 1. The molecule has 0 radical (unpaired) electrons. The van der Waals surface area contributed by atoms with E-state index in [1.54, 1.807) is 36.7 Å². The third kappa shape index (κ3) is 4.43. The van der Waals surface area contributed by atoms with E-state index in [-0.39, 0.29) is 5.69 Å². The molecule has 0 saturated heterocycles. The van der Waals surface area contributed by atoms with Crippen molar-refractivity contribution in [3.63, 3.8) is 0 Å². The van der Waals surface area contributed by atoms with E-state index in [1.807, 2.05) is 12.1 Å². The lowest BCUT2D eigenvalue weighted by Crippen LogP contribution is -2.15. The summed E-state index contributed by atoms with van der Waals surface area (Å²) in [6.45, 7) is 0.553. The molecule has 2 aromatic heterocycles. The molecule has 0 aliphatic rings. The molecule has 0 spiro atoms. The SMILES string of the molecule is O=C(Nc1c(Cl)cccc1Cl)c1cc(NCc2ccncc2)ncn1. The fourth-order valence-electron chi connectivity index (χ4n) is 2.07. The Kier molecular flexibility index (Phi) is 5.42. The third-order valence-electron chi connectivity index (χ3n) is 3.32. The van der Waals surface area contributed by atoms with Gasteiger partial charge in [-0.1, -0.05) is 29.3 Å².